The summed E-state index contributed by atoms with van der Waals surface area (Å²) in [6.07, 6.45) is 1.94. The summed E-state index contributed by atoms with van der Waals surface area (Å²) in [6.45, 7) is 3.24. The highest BCUT2D eigenvalue weighted by atomic mass is 16.4. The zero-order valence-corrected chi connectivity index (χ0v) is 20.9. The summed E-state index contributed by atoms with van der Waals surface area (Å²) in [5.74, 6) is -3.18. The van der Waals surface area contributed by atoms with Crippen LogP contribution in [0.15, 0.2) is 60.8 Å². The lowest BCUT2D eigenvalue weighted by Gasteiger charge is -2.26. The number of benzene rings is 2. The Hall–Kier alpha value is -4.18. The number of carbonyl (C=O) groups is 4. The third-order valence-corrected chi connectivity index (χ3v) is 6.08. The standard InChI is InChI=1S/C27H33N5O5/c1-16(2)24(32-23(33)14-28)26(35)30-21(13-18-15-29-20-11-7-6-10-19(18)20)25(34)31-22(27(36)37)12-17-8-4-3-5-9-17/h3-11,15-16,21-22,24,29H,12-14,28H2,1-2H3,(H,30,35)(H,31,34)(H,32,33)(H,36,37). The first-order valence-electron chi connectivity index (χ1n) is 12.1. The smallest absolute Gasteiger partial charge is 0.326 e. The Labute approximate surface area is 215 Å². The second-order valence-electron chi connectivity index (χ2n) is 9.21. The number of nitrogens with two attached hydrogens (primary N) is 1. The average molecular weight is 508 g/mol. The van der Waals surface area contributed by atoms with Crippen molar-refractivity contribution in [3.05, 3.63) is 71.9 Å². The molecule has 3 rings (SSSR count). The second kappa shape index (κ2) is 12.7. The Morgan fingerprint density at radius 1 is 0.865 bits per heavy atom. The maximum atomic E-state index is 13.4. The molecule has 0 saturated carbocycles. The average Bonchev–Trinajstić information content (AvgIpc) is 3.29. The van der Waals surface area contributed by atoms with Gasteiger partial charge in [-0.05, 0) is 23.1 Å². The highest BCUT2D eigenvalue weighted by molar-refractivity contribution is 5.94. The minimum atomic E-state index is -1.20. The number of aliphatic carboxylic acids is 1. The SMILES string of the molecule is CC(C)C(NC(=O)CN)C(=O)NC(Cc1c[nH]c2ccccc12)C(=O)NC(Cc1ccccc1)C(=O)O. The predicted octanol–water partition coefficient (Wildman–Crippen LogP) is 1.11. The monoisotopic (exact) mass is 507 g/mol. The molecule has 3 atom stereocenters. The summed E-state index contributed by atoms with van der Waals surface area (Å²) in [7, 11) is 0. The third-order valence-electron chi connectivity index (χ3n) is 6.08. The van der Waals surface area contributed by atoms with Crippen LogP contribution in [-0.2, 0) is 32.0 Å². The molecule has 1 aromatic heterocycles. The normalized spacial score (nSPS) is 13.5. The number of rotatable bonds is 12. The van der Waals surface area contributed by atoms with Crippen LogP contribution in [0.1, 0.15) is 25.0 Å². The number of H-pyrrole nitrogens is 1. The van der Waals surface area contributed by atoms with E-state index in [9.17, 15) is 24.3 Å². The van der Waals surface area contributed by atoms with Crippen molar-refractivity contribution in [2.45, 2.75) is 44.8 Å². The highest BCUT2D eigenvalue weighted by Crippen LogP contribution is 2.19. The van der Waals surface area contributed by atoms with Gasteiger partial charge in [-0.15, -0.1) is 0 Å². The number of aromatic amines is 1. The van der Waals surface area contributed by atoms with Gasteiger partial charge in [0.25, 0.3) is 0 Å². The maximum absolute atomic E-state index is 13.4. The number of nitrogens with one attached hydrogen (secondary N) is 4. The molecule has 7 N–H and O–H groups in total. The van der Waals surface area contributed by atoms with Gasteiger partial charge in [0.1, 0.15) is 18.1 Å². The fourth-order valence-electron chi connectivity index (χ4n) is 4.08. The summed E-state index contributed by atoms with van der Waals surface area (Å²) >= 11 is 0. The van der Waals surface area contributed by atoms with Gasteiger partial charge in [0.05, 0.1) is 6.54 Å². The van der Waals surface area contributed by atoms with Crippen molar-refractivity contribution in [2.75, 3.05) is 6.54 Å². The quantitative estimate of drug-likeness (QED) is 0.215. The van der Waals surface area contributed by atoms with Crippen molar-refractivity contribution in [2.24, 2.45) is 11.7 Å². The number of amides is 3. The van der Waals surface area contributed by atoms with E-state index in [1.807, 2.05) is 30.3 Å². The first kappa shape index (κ1) is 27.4. The third kappa shape index (κ3) is 7.40. The van der Waals surface area contributed by atoms with Crippen molar-refractivity contribution in [3.63, 3.8) is 0 Å². The summed E-state index contributed by atoms with van der Waals surface area (Å²) in [6, 6.07) is 13.3. The number of carboxylic acid groups (broad SMARTS) is 1. The van der Waals surface area contributed by atoms with Gasteiger partial charge >= 0.3 is 5.97 Å². The molecule has 3 aromatic rings. The zero-order valence-electron chi connectivity index (χ0n) is 20.9. The fourth-order valence-corrected chi connectivity index (χ4v) is 4.08. The molecule has 0 aliphatic heterocycles. The second-order valence-corrected chi connectivity index (χ2v) is 9.21. The van der Waals surface area contributed by atoms with Crippen molar-refractivity contribution < 1.29 is 24.3 Å². The van der Waals surface area contributed by atoms with E-state index in [1.165, 1.54) is 0 Å². The number of aromatic nitrogens is 1. The molecule has 10 nitrogen and oxygen atoms in total. The summed E-state index contributed by atoms with van der Waals surface area (Å²) in [5.41, 5.74) is 7.78. The van der Waals surface area contributed by atoms with Crippen LogP contribution < -0.4 is 21.7 Å². The van der Waals surface area contributed by atoms with Gasteiger partial charge in [-0.3, -0.25) is 14.4 Å². The summed E-state index contributed by atoms with van der Waals surface area (Å²) in [5, 5.41) is 18.5. The molecule has 1 heterocycles. The largest absolute Gasteiger partial charge is 0.480 e. The molecule has 37 heavy (non-hydrogen) atoms. The topological polar surface area (TPSA) is 166 Å². The van der Waals surface area contributed by atoms with Crippen LogP contribution >= 0.6 is 0 Å². The predicted molar refractivity (Wildman–Crippen MR) is 139 cm³/mol. The van der Waals surface area contributed by atoms with E-state index in [0.717, 1.165) is 22.0 Å². The Balaban J connectivity index is 1.86. The fraction of sp³-hybridized carbons (Fsp3) is 0.333. The van der Waals surface area contributed by atoms with E-state index >= 15 is 0 Å². The van der Waals surface area contributed by atoms with E-state index < -0.39 is 41.8 Å². The molecule has 0 bridgehead atoms. The van der Waals surface area contributed by atoms with Crippen LogP contribution in [0.3, 0.4) is 0 Å². The first-order valence-corrected chi connectivity index (χ1v) is 12.1. The molecular formula is C27H33N5O5. The van der Waals surface area contributed by atoms with Crippen LogP contribution in [0.5, 0.6) is 0 Å². The van der Waals surface area contributed by atoms with Gasteiger partial charge in [0.15, 0.2) is 0 Å². The van der Waals surface area contributed by atoms with Gasteiger partial charge in [-0.1, -0.05) is 62.4 Å². The van der Waals surface area contributed by atoms with Gasteiger partial charge in [-0.2, -0.15) is 0 Å². The molecule has 2 aromatic carbocycles. The number of carbonyl (C=O) groups excluding carboxylic acids is 3. The van der Waals surface area contributed by atoms with Crippen LogP contribution in [0.4, 0.5) is 0 Å². The molecular weight excluding hydrogens is 474 g/mol. The number of para-hydroxylation sites is 1. The van der Waals surface area contributed by atoms with Crippen LogP contribution in [0, 0.1) is 5.92 Å². The number of carboxylic acids is 1. The van der Waals surface area contributed by atoms with Crippen LogP contribution in [0.2, 0.25) is 0 Å². The van der Waals surface area contributed by atoms with E-state index in [1.54, 1.807) is 44.3 Å². The van der Waals surface area contributed by atoms with Gasteiger partial charge in [0, 0.05) is 29.9 Å². The molecule has 196 valence electrons. The minimum absolute atomic E-state index is 0.0802. The summed E-state index contributed by atoms with van der Waals surface area (Å²) < 4.78 is 0. The molecule has 0 aliphatic carbocycles. The lowest BCUT2D eigenvalue weighted by molar-refractivity contribution is -0.142. The Bertz CT molecular complexity index is 1240. The van der Waals surface area contributed by atoms with E-state index in [-0.39, 0.29) is 25.3 Å². The zero-order chi connectivity index (χ0) is 26.9. The Kier molecular flexibility index (Phi) is 9.39. The Morgan fingerprint density at radius 2 is 1.51 bits per heavy atom. The lowest BCUT2D eigenvalue weighted by atomic mass is 10.00. The first-order chi connectivity index (χ1) is 17.7. The molecule has 0 radical (unpaired) electrons. The van der Waals surface area contributed by atoms with Crippen molar-refractivity contribution in [3.8, 4) is 0 Å². The van der Waals surface area contributed by atoms with E-state index in [4.69, 9.17) is 5.73 Å². The van der Waals surface area contributed by atoms with Crippen molar-refractivity contribution in [1.82, 2.24) is 20.9 Å². The number of fused-ring (bicyclic) bond motifs is 1. The number of hydrogen-bond donors (Lipinski definition) is 6. The van der Waals surface area contributed by atoms with Crippen molar-refractivity contribution in [1.29, 1.82) is 0 Å². The molecule has 3 unspecified atom stereocenters. The minimum Gasteiger partial charge on any atom is -0.480 e. The molecule has 10 heteroatoms. The van der Waals surface area contributed by atoms with E-state index in [0.29, 0.717) is 0 Å². The molecule has 0 fully saturated rings. The van der Waals surface area contributed by atoms with Crippen LogP contribution in [-0.4, -0.2) is 58.5 Å². The summed E-state index contributed by atoms with van der Waals surface area (Å²) in [4.78, 5) is 53.6. The lowest BCUT2D eigenvalue weighted by Crippen LogP contribution is -2.58. The van der Waals surface area contributed by atoms with Gasteiger partial charge in [0.2, 0.25) is 17.7 Å². The molecule has 0 saturated heterocycles. The highest BCUT2D eigenvalue weighted by Gasteiger charge is 2.31. The van der Waals surface area contributed by atoms with Crippen molar-refractivity contribution >= 4 is 34.6 Å². The van der Waals surface area contributed by atoms with Crippen LogP contribution in [0.25, 0.3) is 10.9 Å². The number of hydrogen-bond acceptors (Lipinski definition) is 5. The van der Waals surface area contributed by atoms with E-state index in [2.05, 4.69) is 20.9 Å². The van der Waals surface area contributed by atoms with Gasteiger partial charge < -0.3 is 31.8 Å². The Morgan fingerprint density at radius 3 is 2.16 bits per heavy atom. The van der Waals surface area contributed by atoms with Gasteiger partial charge in [-0.25, -0.2) is 4.79 Å². The maximum Gasteiger partial charge on any atom is 0.326 e. The molecule has 3 amide bonds. The molecule has 0 spiro atoms. The molecule has 0 aliphatic rings.